The van der Waals surface area contributed by atoms with Crippen LogP contribution >= 0.6 is 0 Å². The maximum Gasteiger partial charge on any atom is 0.161 e. The lowest BCUT2D eigenvalue weighted by Gasteiger charge is -2.19. The number of methoxy groups -OCH3 is 2. The molecule has 0 aromatic heterocycles. The molecule has 2 aliphatic rings. The predicted octanol–water partition coefficient (Wildman–Crippen LogP) is 4.83. The van der Waals surface area contributed by atoms with E-state index in [0.717, 1.165) is 16.9 Å². The van der Waals surface area contributed by atoms with Gasteiger partial charge in [0.05, 0.1) is 39.6 Å². The molecule has 4 rings (SSSR count). The quantitative estimate of drug-likeness (QED) is 0.640. The standard InChI is InChI=1S/C25H30O6/c1-15(2)9-10-29-21-8-6-17(12-23(21)28-4)25-19-14-30-24(18(19)13-31-25)16-5-7-20(26)22(11-16)27-3/h5-9,11-12,18-19,24-26H,10,13-14H2,1-4H3/t18-,19-,24+,25+/m1/s1. The van der Waals surface area contributed by atoms with Crippen molar-refractivity contribution in [2.75, 3.05) is 34.0 Å². The lowest BCUT2D eigenvalue weighted by molar-refractivity contribution is 0.0191. The first-order valence-corrected chi connectivity index (χ1v) is 10.6. The zero-order chi connectivity index (χ0) is 22.0. The van der Waals surface area contributed by atoms with Crippen molar-refractivity contribution in [1.29, 1.82) is 0 Å². The first-order chi connectivity index (χ1) is 15.0. The number of benzene rings is 2. The third-order valence-corrected chi connectivity index (χ3v) is 6.04. The molecule has 4 atom stereocenters. The number of hydrogen-bond donors (Lipinski definition) is 1. The van der Waals surface area contributed by atoms with Crippen molar-refractivity contribution < 1.29 is 28.8 Å². The molecule has 2 aromatic carbocycles. The molecule has 0 radical (unpaired) electrons. The molecule has 0 aliphatic carbocycles. The average Bonchev–Trinajstić information content (AvgIpc) is 3.36. The minimum Gasteiger partial charge on any atom is -0.504 e. The number of phenolic OH excluding ortho intramolecular Hbond substituents is 1. The SMILES string of the molecule is COc1cc([C@@H]2OC[C@@H]3[C@H]2CO[C@H]3c2ccc(OCC=C(C)C)c(OC)c2)ccc1O. The minimum atomic E-state index is -0.0851. The highest BCUT2D eigenvalue weighted by molar-refractivity contribution is 5.45. The molecule has 1 N–H and O–H groups in total. The molecule has 0 unspecified atom stereocenters. The van der Waals surface area contributed by atoms with Crippen LogP contribution in [0.5, 0.6) is 23.0 Å². The summed E-state index contributed by atoms with van der Waals surface area (Å²) in [5.41, 5.74) is 3.27. The Kier molecular flexibility index (Phi) is 6.39. The summed E-state index contributed by atoms with van der Waals surface area (Å²) in [6.45, 7) is 5.83. The summed E-state index contributed by atoms with van der Waals surface area (Å²) in [5, 5.41) is 9.89. The van der Waals surface area contributed by atoms with Crippen LogP contribution in [0, 0.1) is 11.8 Å². The Hall–Kier alpha value is -2.70. The van der Waals surface area contributed by atoms with Gasteiger partial charge in [-0.05, 0) is 55.3 Å². The van der Waals surface area contributed by atoms with Gasteiger partial charge in [-0.2, -0.15) is 0 Å². The number of aromatic hydroxyl groups is 1. The van der Waals surface area contributed by atoms with Crippen molar-refractivity contribution >= 4 is 0 Å². The van der Waals surface area contributed by atoms with Crippen LogP contribution in [0.25, 0.3) is 0 Å². The molecule has 0 saturated carbocycles. The molecule has 0 amide bonds. The first kappa shape index (κ1) is 21.5. The molecule has 2 saturated heterocycles. The topological polar surface area (TPSA) is 66.4 Å². The summed E-state index contributed by atoms with van der Waals surface area (Å²) in [6.07, 6.45) is 1.89. The van der Waals surface area contributed by atoms with Gasteiger partial charge in [0.1, 0.15) is 6.61 Å². The lowest BCUT2D eigenvalue weighted by Crippen LogP contribution is -2.14. The minimum absolute atomic E-state index is 0.0604. The van der Waals surface area contributed by atoms with Crippen molar-refractivity contribution in [3.8, 4) is 23.0 Å². The maximum absolute atomic E-state index is 9.89. The first-order valence-electron chi connectivity index (χ1n) is 10.6. The van der Waals surface area contributed by atoms with E-state index in [1.807, 2.05) is 50.3 Å². The molecule has 2 aromatic rings. The summed E-state index contributed by atoms with van der Waals surface area (Å²) in [6, 6.07) is 11.4. The summed E-state index contributed by atoms with van der Waals surface area (Å²) in [7, 11) is 3.20. The Morgan fingerprint density at radius 1 is 0.903 bits per heavy atom. The van der Waals surface area contributed by atoms with Crippen LogP contribution < -0.4 is 14.2 Å². The summed E-state index contributed by atoms with van der Waals surface area (Å²) >= 11 is 0. The van der Waals surface area contributed by atoms with Crippen molar-refractivity contribution in [2.24, 2.45) is 11.8 Å². The van der Waals surface area contributed by atoms with E-state index in [0.29, 0.717) is 31.3 Å². The zero-order valence-corrected chi connectivity index (χ0v) is 18.5. The molecule has 31 heavy (non-hydrogen) atoms. The van der Waals surface area contributed by atoms with Crippen molar-refractivity contribution in [3.05, 3.63) is 59.2 Å². The summed E-state index contributed by atoms with van der Waals surface area (Å²) in [4.78, 5) is 0. The molecule has 166 valence electrons. The highest BCUT2D eigenvalue weighted by Crippen LogP contribution is 2.51. The van der Waals surface area contributed by atoms with Gasteiger partial charge >= 0.3 is 0 Å². The molecule has 2 heterocycles. The fourth-order valence-electron chi connectivity index (χ4n) is 4.38. The van der Waals surface area contributed by atoms with E-state index >= 15 is 0 Å². The molecule has 2 fully saturated rings. The molecule has 0 spiro atoms. The van der Waals surface area contributed by atoms with Gasteiger partial charge in [0.2, 0.25) is 0 Å². The third-order valence-electron chi connectivity index (χ3n) is 6.04. The number of rotatable bonds is 7. The van der Waals surface area contributed by atoms with Crippen LogP contribution in [-0.4, -0.2) is 39.1 Å². The fraction of sp³-hybridized carbons (Fsp3) is 0.440. The second kappa shape index (κ2) is 9.20. The van der Waals surface area contributed by atoms with Gasteiger partial charge in [-0.15, -0.1) is 0 Å². The fourth-order valence-corrected chi connectivity index (χ4v) is 4.38. The largest absolute Gasteiger partial charge is 0.504 e. The molecule has 2 aliphatic heterocycles. The Bertz CT molecular complexity index is 949. The van der Waals surface area contributed by atoms with Crippen LogP contribution in [0.15, 0.2) is 48.0 Å². The Balaban J connectivity index is 1.51. The number of hydrogen-bond acceptors (Lipinski definition) is 6. The van der Waals surface area contributed by atoms with Crippen LogP contribution in [0.3, 0.4) is 0 Å². The van der Waals surface area contributed by atoms with E-state index in [2.05, 4.69) is 0 Å². The highest BCUT2D eigenvalue weighted by Gasteiger charge is 2.48. The van der Waals surface area contributed by atoms with Gasteiger partial charge in [-0.25, -0.2) is 0 Å². The van der Waals surface area contributed by atoms with Crippen molar-refractivity contribution in [2.45, 2.75) is 26.1 Å². The smallest absolute Gasteiger partial charge is 0.161 e. The number of ether oxygens (including phenoxy) is 5. The number of fused-ring (bicyclic) bond motifs is 1. The van der Waals surface area contributed by atoms with Gasteiger partial charge in [0, 0.05) is 11.8 Å². The number of allylic oxidation sites excluding steroid dienone is 1. The third kappa shape index (κ3) is 4.36. The van der Waals surface area contributed by atoms with Gasteiger partial charge < -0.3 is 28.8 Å². The average molecular weight is 427 g/mol. The van der Waals surface area contributed by atoms with Gasteiger partial charge in [-0.3, -0.25) is 0 Å². The maximum atomic E-state index is 9.89. The Labute approximate surface area is 183 Å². The lowest BCUT2D eigenvalue weighted by atomic mass is 9.85. The molecular formula is C25H30O6. The molecule has 6 heteroatoms. The van der Waals surface area contributed by atoms with Crippen molar-refractivity contribution in [3.63, 3.8) is 0 Å². The van der Waals surface area contributed by atoms with E-state index < -0.39 is 0 Å². The van der Waals surface area contributed by atoms with Crippen LogP contribution in [-0.2, 0) is 9.47 Å². The van der Waals surface area contributed by atoms with E-state index in [1.54, 1.807) is 20.3 Å². The summed E-state index contributed by atoms with van der Waals surface area (Å²) in [5.74, 6) is 2.47. The van der Waals surface area contributed by atoms with Gasteiger partial charge in [-0.1, -0.05) is 17.7 Å². The second-order valence-corrected chi connectivity index (χ2v) is 8.27. The van der Waals surface area contributed by atoms with E-state index in [4.69, 9.17) is 23.7 Å². The second-order valence-electron chi connectivity index (χ2n) is 8.27. The summed E-state index contributed by atoms with van der Waals surface area (Å²) < 4.78 is 29.1. The highest BCUT2D eigenvalue weighted by atomic mass is 16.5. The van der Waals surface area contributed by atoms with Crippen LogP contribution in [0.2, 0.25) is 0 Å². The predicted molar refractivity (Wildman–Crippen MR) is 117 cm³/mol. The van der Waals surface area contributed by atoms with Crippen LogP contribution in [0.4, 0.5) is 0 Å². The monoisotopic (exact) mass is 426 g/mol. The Morgan fingerprint density at radius 3 is 2.06 bits per heavy atom. The van der Waals surface area contributed by atoms with E-state index in [9.17, 15) is 5.11 Å². The van der Waals surface area contributed by atoms with E-state index in [-0.39, 0.29) is 29.8 Å². The van der Waals surface area contributed by atoms with Gasteiger partial charge in [0.25, 0.3) is 0 Å². The molecule has 0 bridgehead atoms. The molecular weight excluding hydrogens is 396 g/mol. The van der Waals surface area contributed by atoms with Gasteiger partial charge in [0.15, 0.2) is 23.0 Å². The normalized spacial score (nSPS) is 24.5. The van der Waals surface area contributed by atoms with Crippen LogP contribution in [0.1, 0.15) is 37.2 Å². The van der Waals surface area contributed by atoms with E-state index in [1.165, 1.54) is 5.57 Å². The van der Waals surface area contributed by atoms with Crippen molar-refractivity contribution in [1.82, 2.24) is 0 Å². The number of phenols is 1. The zero-order valence-electron chi connectivity index (χ0n) is 18.5. The Morgan fingerprint density at radius 2 is 1.48 bits per heavy atom. The molecule has 6 nitrogen and oxygen atoms in total.